The number of nitrogens with one attached hydrogen (secondary N) is 1. The van der Waals surface area contributed by atoms with Crippen molar-refractivity contribution in [2.24, 2.45) is 5.73 Å². The molecule has 2 rings (SSSR count). The van der Waals surface area contributed by atoms with Gasteiger partial charge in [-0.05, 0) is 50.9 Å². The largest absolute Gasteiger partial charge is 0.491 e. The van der Waals surface area contributed by atoms with E-state index in [-0.39, 0.29) is 11.4 Å². The molecule has 0 atom stereocenters. The number of nitrogens with two attached hydrogens (primary N) is 1. The highest BCUT2D eigenvalue weighted by Gasteiger charge is 2.52. The van der Waals surface area contributed by atoms with Gasteiger partial charge in [-0.2, -0.15) is 4.72 Å². The molecule has 1 saturated heterocycles. The summed E-state index contributed by atoms with van der Waals surface area (Å²) in [5, 5.41) is 8.60. The fourth-order valence-corrected chi connectivity index (χ4v) is 3.39. The Kier molecular flexibility index (Phi) is 6.18. The maximum absolute atomic E-state index is 12.0. The Bertz CT molecular complexity index is 817. The topological polar surface area (TPSA) is 128 Å². The van der Waals surface area contributed by atoms with Gasteiger partial charge in [0.2, 0.25) is 10.0 Å². The SMILES string of the molecule is CC1(C)OB(C(=Cc2ccc(S(=O)(=O)NCC(=O)O)cc2)CN)OC1(C)C. The molecule has 27 heavy (non-hydrogen) atoms. The summed E-state index contributed by atoms with van der Waals surface area (Å²) in [6, 6.07) is 6.01. The maximum atomic E-state index is 12.0. The summed E-state index contributed by atoms with van der Waals surface area (Å²) in [4.78, 5) is 10.5. The smallest absolute Gasteiger partial charge is 0.480 e. The minimum atomic E-state index is -3.88. The third-order valence-electron chi connectivity index (χ3n) is 4.75. The molecule has 8 nitrogen and oxygen atoms in total. The fraction of sp³-hybridized carbons (Fsp3) is 0.471. The average Bonchev–Trinajstić information content (AvgIpc) is 2.79. The van der Waals surface area contributed by atoms with Crippen molar-refractivity contribution in [2.75, 3.05) is 13.1 Å². The zero-order chi connectivity index (χ0) is 20.5. The lowest BCUT2D eigenvalue weighted by Crippen LogP contribution is -2.41. The molecule has 1 fully saturated rings. The average molecular weight is 396 g/mol. The number of aliphatic carboxylic acids is 1. The van der Waals surface area contributed by atoms with Gasteiger partial charge in [0, 0.05) is 6.54 Å². The molecule has 4 N–H and O–H groups in total. The molecule has 1 aliphatic rings. The van der Waals surface area contributed by atoms with Crippen LogP contribution >= 0.6 is 0 Å². The molecule has 0 aliphatic carbocycles. The van der Waals surface area contributed by atoms with Crippen LogP contribution in [0.3, 0.4) is 0 Å². The predicted octanol–water partition coefficient (Wildman–Crippen LogP) is 1.02. The summed E-state index contributed by atoms with van der Waals surface area (Å²) in [6.45, 7) is 7.34. The van der Waals surface area contributed by atoms with E-state index in [9.17, 15) is 13.2 Å². The summed E-state index contributed by atoms with van der Waals surface area (Å²) in [7, 11) is -4.46. The van der Waals surface area contributed by atoms with Crippen LogP contribution in [0.2, 0.25) is 0 Å². The van der Waals surface area contributed by atoms with E-state index in [0.29, 0.717) is 0 Å². The number of hydrogen-bond donors (Lipinski definition) is 3. The lowest BCUT2D eigenvalue weighted by molar-refractivity contribution is -0.135. The van der Waals surface area contributed by atoms with E-state index in [1.54, 1.807) is 18.2 Å². The van der Waals surface area contributed by atoms with Crippen LogP contribution < -0.4 is 10.5 Å². The Balaban J connectivity index is 2.20. The van der Waals surface area contributed by atoms with Crippen LogP contribution in [0.25, 0.3) is 6.08 Å². The van der Waals surface area contributed by atoms with Crippen molar-refractivity contribution in [3.8, 4) is 0 Å². The Morgan fingerprint density at radius 3 is 2.15 bits per heavy atom. The summed E-state index contributed by atoms with van der Waals surface area (Å²) in [5.41, 5.74) is 6.34. The van der Waals surface area contributed by atoms with Crippen molar-refractivity contribution < 1.29 is 27.6 Å². The number of carbonyl (C=O) groups is 1. The monoisotopic (exact) mass is 396 g/mol. The number of benzene rings is 1. The van der Waals surface area contributed by atoms with E-state index in [0.717, 1.165) is 11.0 Å². The van der Waals surface area contributed by atoms with Crippen molar-refractivity contribution in [3.63, 3.8) is 0 Å². The molecule has 0 radical (unpaired) electrons. The van der Waals surface area contributed by atoms with Crippen LogP contribution in [0.15, 0.2) is 34.6 Å². The van der Waals surface area contributed by atoms with Crippen LogP contribution in [0.5, 0.6) is 0 Å². The lowest BCUT2D eigenvalue weighted by atomic mass is 9.77. The van der Waals surface area contributed by atoms with E-state index < -0.39 is 40.9 Å². The fourth-order valence-electron chi connectivity index (χ4n) is 2.41. The molecular formula is C17H25BN2O6S. The summed E-state index contributed by atoms with van der Waals surface area (Å²) < 4.78 is 38.0. The zero-order valence-electron chi connectivity index (χ0n) is 15.9. The summed E-state index contributed by atoms with van der Waals surface area (Å²) >= 11 is 0. The lowest BCUT2D eigenvalue weighted by Gasteiger charge is -2.32. The normalized spacial score (nSPS) is 19.3. The maximum Gasteiger partial charge on any atom is 0.491 e. The van der Waals surface area contributed by atoms with Gasteiger partial charge in [-0.3, -0.25) is 4.79 Å². The van der Waals surface area contributed by atoms with Gasteiger partial charge in [0.1, 0.15) is 6.54 Å². The number of carboxylic acid groups (broad SMARTS) is 1. The molecule has 1 heterocycles. The van der Waals surface area contributed by atoms with Crippen LogP contribution in [-0.2, 0) is 24.1 Å². The van der Waals surface area contributed by atoms with Gasteiger partial charge in [0.15, 0.2) is 0 Å². The van der Waals surface area contributed by atoms with Gasteiger partial charge >= 0.3 is 13.1 Å². The molecular weight excluding hydrogens is 371 g/mol. The first-order valence-corrected chi connectivity index (χ1v) is 9.94. The standard InChI is InChI=1S/C17H25BN2O6S/c1-16(2)17(3,4)26-18(25-16)13(10-19)9-12-5-7-14(8-6-12)27(23,24)20-11-15(21)22/h5-9,20H,10-11,19H2,1-4H3,(H,21,22). The minimum absolute atomic E-state index is 0.0224. The van der Waals surface area contributed by atoms with E-state index in [1.807, 2.05) is 32.4 Å². The third kappa shape index (κ3) is 4.97. The molecule has 0 spiro atoms. The van der Waals surface area contributed by atoms with Gasteiger partial charge in [0.25, 0.3) is 0 Å². The van der Waals surface area contributed by atoms with Crippen molar-refractivity contribution in [1.82, 2.24) is 4.72 Å². The second-order valence-electron chi connectivity index (χ2n) is 7.30. The highest BCUT2D eigenvalue weighted by molar-refractivity contribution is 7.89. The van der Waals surface area contributed by atoms with E-state index in [2.05, 4.69) is 0 Å². The third-order valence-corrected chi connectivity index (χ3v) is 6.16. The second-order valence-corrected chi connectivity index (χ2v) is 9.07. The Labute approximate surface area is 159 Å². The first-order valence-electron chi connectivity index (χ1n) is 8.46. The van der Waals surface area contributed by atoms with Crippen LogP contribution in [0.1, 0.15) is 33.3 Å². The van der Waals surface area contributed by atoms with Crippen molar-refractivity contribution in [2.45, 2.75) is 43.8 Å². The molecule has 0 bridgehead atoms. The Morgan fingerprint density at radius 1 is 1.19 bits per heavy atom. The first-order chi connectivity index (χ1) is 12.4. The Hall–Kier alpha value is -1.72. The molecule has 0 amide bonds. The van der Waals surface area contributed by atoms with E-state index in [4.69, 9.17) is 20.1 Å². The molecule has 1 aliphatic heterocycles. The highest BCUT2D eigenvalue weighted by atomic mass is 32.2. The van der Waals surface area contributed by atoms with Crippen molar-refractivity contribution in [1.29, 1.82) is 0 Å². The zero-order valence-corrected chi connectivity index (χ0v) is 16.7. The first kappa shape index (κ1) is 21.6. The molecule has 0 saturated carbocycles. The molecule has 1 aromatic carbocycles. The molecule has 0 unspecified atom stereocenters. The van der Waals surface area contributed by atoms with Gasteiger partial charge in [-0.1, -0.05) is 18.2 Å². The highest BCUT2D eigenvalue weighted by Crippen LogP contribution is 2.38. The van der Waals surface area contributed by atoms with Crippen LogP contribution in [-0.4, -0.2) is 50.9 Å². The quantitative estimate of drug-likeness (QED) is 0.587. The Morgan fingerprint density at radius 2 is 1.70 bits per heavy atom. The van der Waals surface area contributed by atoms with Crippen molar-refractivity contribution in [3.05, 3.63) is 35.3 Å². The van der Waals surface area contributed by atoms with E-state index in [1.165, 1.54) is 12.1 Å². The molecule has 10 heteroatoms. The number of carboxylic acids is 1. The molecule has 0 aromatic heterocycles. The van der Waals surface area contributed by atoms with E-state index >= 15 is 0 Å². The predicted molar refractivity (Wildman–Crippen MR) is 102 cm³/mol. The number of rotatable bonds is 7. The van der Waals surface area contributed by atoms with Gasteiger partial charge < -0.3 is 20.1 Å². The number of sulfonamides is 1. The van der Waals surface area contributed by atoms with Crippen molar-refractivity contribution >= 4 is 29.2 Å². The second kappa shape index (κ2) is 7.73. The molecule has 148 valence electrons. The summed E-state index contributed by atoms with van der Waals surface area (Å²) in [6.07, 6.45) is 1.79. The van der Waals surface area contributed by atoms with Gasteiger partial charge in [-0.25, -0.2) is 8.42 Å². The van der Waals surface area contributed by atoms with Gasteiger partial charge in [-0.15, -0.1) is 0 Å². The minimum Gasteiger partial charge on any atom is -0.480 e. The summed E-state index contributed by atoms with van der Waals surface area (Å²) in [5.74, 6) is -1.26. The molecule has 1 aromatic rings. The van der Waals surface area contributed by atoms with Crippen LogP contribution in [0.4, 0.5) is 0 Å². The van der Waals surface area contributed by atoms with Gasteiger partial charge in [0.05, 0.1) is 16.1 Å². The number of hydrogen-bond acceptors (Lipinski definition) is 6. The van der Waals surface area contributed by atoms with Crippen LogP contribution in [0, 0.1) is 0 Å².